The predicted octanol–water partition coefficient (Wildman–Crippen LogP) is 2.65. The molecule has 7 nitrogen and oxygen atoms in total. The van der Waals surface area contributed by atoms with Crippen molar-refractivity contribution in [3.63, 3.8) is 0 Å². The average molecular weight is 383 g/mol. The van der Waals surface area contributed by atoms with E-state index in [4.69, 9.17) is 16.3 Å². The second kappa shape index (κ2) is 7.55. The molecule has 1 aromatic heterocycles. The molecule has 9 heteroatoms. The highest BCUT2D eigenvalue weighted by Gasteiger charge is 2.37. The van der Waals surface area contributed by atoms with E-state index in [0.717, 1.165) is 12.0 Å². The van der Waals surface area contributed by atoms with E-state index in [9.17, 15) is 9.90 Å². The highest BCUT2D eigenvalue weighted by Crippen LogP contribution is 2.32. The van der Waals surface area contributed by atoms with Crippen LogP contribution in [-0.4, -0.2) is 51.9 Å². The molecule has 0 saturated carbocycles. The number of nitrogens with zero attached hydrogens (tertiary/aromatic N) is 4. The number of ether oxygens (including phenoxy) is 1. The number of aliphatic hydroxyl groups is 1. The quantitative estimate of drug-likeness (QED) is 0.777. The number of amides is 2. The van der Waals surface area contributed by atoms with E-state index in [0.29, 0.717) is 15.9 Å². The molecule has 134 valence electrons. The van der Waals surface area contributed by atoms with Gasteiger partial charge in [-0.1, -0.05) is 30.4 Å². The summed E-state index contributed by atoms with van der Waals surface area (Å²) in [4.78, 5) is 14.8. The standard InChI is InChI=1S/C16H19ClN4O3S/c1-3-10-5-4-6-11(7-10)24-12(8-17)14-18-19-15(25-14)21-13(22)9-20(2)16(21)23/h4-7,12-13,22H,3,8-9H2,1-2H3. The lowest BCUT2D eigenvalue weighted by atomic mass is 10.2. The largest absolute Gasteiger partial charge is 0.482 e. The lowest BCUT2D eigenvalue weighted by molar-refractivity contribution is 0.183. The van der Waals surface area contributed by atoms with Crippen LogP contribution in [0.2, 0.25) is 0 Å². The van der Waals surface area contributed by atoms with Crippen molar-refractivity contribution in [2.24, 2.45) is 0 Å². The maximum Gasteiger partial charge on any atom is 0.328 e. The number of rotatable bonds is 6. The number of carbonyl (C=O) groups excluding carboxylic acids is 1. The molecule has 2 heterocycles. The summed E-state index contributed by atoms with van der Waals surface area (Å²) in [6.45, 7) is 2.30. The van der Waals surface area contributed by atoms with Gasteiger partial charge in [0.05, 0.1) is 12.4 Å². The molecule has 2 aromatic rings. The van der Waals surface area contributed by atoms with Gasteiger partial charge in [0.1, 0.15) is 5.75 Å². The van der Waals surface area contributed by atoms with Crippen molar-refractivity contribution in [2.75, 3.05) is 24.4 Å². The molecule has 0 aliphatic carbocycles. The third kappa shape index (κ3) is 3.70. The molecule has 0 bridgehead atoms. The predicted molar refractivity (Wildman–Crippen MR) is 96.3 cm³/mol. The van der Waals surface area contributed by atoms with Crippen LogP contribution >= 0.6 is 22.9 Å². The number of hydrogen-bond donors (Lipinski definition) is 1. The highest BCUT2D eigenvalue weighted by molar-refractivity contribution is 7.15. The van der Waals surface area contributed by atoms with E-state index in [2.05, 4.69) is 17.1 Å². The lowest BCUT2D eigenvalue weighted by Crippen LogP contribution is -2.34. The van der Waals surface area contributed by atoms with Crippen molar-refractivity contribution in [3.05, 3.63) is 34.8 Å². The van der Waals surface area contributed by atoms with Gasteiger partial charge in [-0.2, -0.15) is 0 Å². The SMILES string of the molecule is CCc1cccc(OC(CCl)c2nnc(N3C(=O)N(C)CC3O)s2)c1. The second-order valence-corrected chi connectivity index (χ2v) is 6.99. The highest BCUT2D eigenvalue weighted by atomic mass is 35.5. The van der Waals surface area contributed by atoms with Gasteiger partial charge < -0.3 is 14.7 Å². The van der Waals surface area contributed by atoms with E-state index in [1.54, 1.807) is 7.05 Å². The van der Waals surface area contributed by atoms with Crippen LogP contribution < -0.4 is 9.64 Å². The monoisotopic (exact) mass is 382 g/mol. The van der Waals surface area contributed by atoms with E-state index in [1.165, 1.54) is 21.1 Å². The molecule has 1 aliphatic heterocycles. The first-order valence-corrected chi connectivity index (χ1v) is 9.26. The number of urea groups is 1. The van der Waals surface area contributed by atoms with Gasteiger partial charge in [0.25, 0.3) is 0 Å². The average Bonchev–Trinajstić information content (AvgIpc) is 3.17. The number of carbonyl (C=O) groups is 1. The summed E-state index contributed by atoms with van der Waals surface area (Å²) in [6.07, 6.45) is -0.503. The zero-order chi connectivity index (χ0) is 18.0. The Hall–Kier alpha value is -1.90. The summed E-state index contributed by atoms with van der Waals surface area (Å²) in [5, 5.41) is 19.0. The molecule has 3 rings (SSSR count). The molecule has 2 amide bonds. The summed E-state index contributed by atoms with van der Waals surface area (Å²) >= 11 is 7.24. The van der Waals surface area contributed by atoms with Crippen LogP contribution in [0.15, 0.2) is 24.3 Å². The van der Waals surface area contributed by atoms with Crippen molar-refractivity contribution < 1.29 is 14.6 Å². The van der Waals surface area contributed by atoms with Gasteiger partial charge in [-0.3, -0.25) is 0 Å². The van der Waals surface area contributed by atoms with Crippen LogP contribution in [0.3, 0.4) is 0 Å². The van der Waals surface area contributed by atoms with Crippen LogP contribution in [0.5, 0.6) is 5.75 Å². The van der Waals surface area contributed by atoms with Gasteiger partial charge in [0.2, 0.25) is 5.13 Å². The first-order valence-electron chi connectivity index (χ1n) is 7.90. The normalized spacial score (nSPS) is 18.7. The van der Waals surface area contributed by atoms with Crippen molar-refractivity contribution in [3.8, 4) is 5.75 Å². The minimum Gasteiger partial charge on any atom is -0.482 e. The summed E-state index contributed by atoms with van der Waals surface area (Å²) < 4.78 is 5.94. The van der Waals surface area contributed by atoms with Crippen LogP contribution in [0.4, 0.5) is 9.93 Å². The van der Waals surface area contributed by atoms with Gasteiger partial charge in [0.15, 0.2) is 17.3 Å². The van der Waals surface area contributed by atoms with E-state index >= 15 is 0 Å². The number of alkyl halides is 1. The Labute approximate surface area is 154 Å². The Balaban J connectivity index is 1.78. The molecule has 0 radical (unpaired) electrons. The van der Waals surface area contributed by atoms with E-state index < -0.39 is 12.3 Å². The number of halogens is 1. The van der Waals surface area contributed by atoms with Gasteiger partial charge in [0, 0.05) is 7.05 Å². The molecule has 1 aromatic carbocycles. The Bertz CT molecular complexity index is 756. The van der Waals surface area contributed by atoms with Crippen molar-refractivity contribution in [1.29, 1.82) is 0 Å². The minimum atomic E-state index is -0.935. The zero-order valence-electron chi connectivity index (χ0n) is 13.9. The van der Waals surface area contributed by atoms with Crippen LogP contribution in [0.1, 0.15) is 23.6 Å². The number of β-amino-alcohol motifs (C(OH)–C–C–N with tert-alkyl or cyclic N) is 1. The third-order valence-electron chi connectivity index (χ3n) is 3.90. The summed E-state index contributed by atoms with van der Waals surface area (Å²) in [5.74, 6) is 0.903. The molecule has 1 fully saturated rings. The number of aliphatic hydroxyl groups excluding tert-OH is 1. The fraction of sp³-hybridized carbons (Fsp3) is 0.438. The Morgan fingerprint density at radius 3 is 2.92 bits per heavy atom. The van der Waals surface area contributed by atoms with Crippen LogP contribution in [0.25, 0.3) is 0 Å². The number of hydrogen-bond acceptors (Lipinski definition) is 6. The molecule has 0 spiro atoms. The minimum absolute atomic E-state index is 0.196. The third-order valence-corrected chi connectivity index (χ3v) is 5.20. The number of anilines is 1. The van der Waals surface area contributed by atoms with Gasteiger partial charge in [-0.15, -0.1) is 21.8 Å². The zero-order valence-corrected chi connectivity index (χ0v) is 15.5. The van der Waals surface area contributed by atoms with Crippen LogP contribution in [-0.2, 0) is 6.42 Å². The molecular formula is C16H19ClN4O3S. The Kier molecular flexibility index (Phi) is 5.41. The smallest absolute Gasteiger partial charge is 0.328 e. The maximum absolute atomic E-state index is 12.1. The molecule has 25 heavy (non-hydrogen) atoms. The van der Waals surface area contributed by atoms with Crippen molar-refractivity contribution in [1.82, 2.24) is 15.1 Å². The number of benzene rings is 1. The van der Waals surface area contributed by atoms with Crippen molar-refractivity contribution in [2.45, 2.75) is 25.7 Å². The lowest BCUT2D eigenvalue weighted by Gasteiger charge is -2.15. The molecule has 1 aliphatic rings. The molecule has 2 unspecified atom stereocenters. The van der Waals surface area contributed by atoms with E-state index in [1.807, 2.05) is 24.3 Å². The van der Waals surface area contributed by atoms with E-state index in [-0.39, 0.29) is 18.5 Å². The number of aryl methyl sites for hydroxylation is 1. The molecule has 1 N–H and O–H groups in total. The van der Waals surface area contributed by atoms with Gasteiger partial charge >= 0.3 is 6.03 Å². The Morgan fingerprint density at radius 1 is 1.48 bits per heavy atom. The first-order chi connectivity index (χ1) is 12.0. The van der Waals surface area contributed by atoms with Crippen LogP contribution in [0, 0.1) is 0 Å². The summed E-state index contributed by atoms with van der Waals surface area (Å²) in [5.41, 5.74) is 1.16. The number of aromatic nitrogens is 2. The molecule has 2 atom stereocenters. The number of likely N-dealkylation sites (N-methyl/N-ethyl adjacent to an activating group) is 1. The second-order valence-electron chi connectivity index (χ2n) is 5.70. The summed E-state index contributed by atoms with van der Waals surface area (Å²) in [7, 11) is 1.62. The fourth-order valence-corrected chi connectivity index (χ4v) is 3.74. The maximum atomic E-state index is 12.1. The fourth-order valence-electron chi connectivity index (χ4n) is 2.53. The summed E-state index contributed by atoms with van der Waals surface area (Å²) in [6, 6.07) is 7.48. The topological polar surface area (TPSA) is 78.8 Å². The molecular weight excluding hydrogens is 364 g/mol. The molecule has 1 saturated heterocycles. The first kappa shape index (κ1) is 17.9. The van der Waals surface area contributed by atoms with Gasteiger partial charge in [-0.25, -0.2) is 9.69 Å². The Morgan fingerprint density at radius 2 is 2.28 bits per heavy atom. The van der Waals surface area contributed by atoms with Crippen molar-refractivity contribution >= 4 is 34.1 Å². The van der Waals surface area contributed by atoms with Gasteiger partial charge in [-0.05, 0) is 24.1 Å².